The molecule has 0 saturated carbocycles. The van der Waals surface area contributed by atoms with Crippen LogP contribution in [0.1, 0.15) is 13.3 Å². The van der Waals surface area contributed by atoms with E-state index < -0.39 is 23.8 Å². The molecule has 2 saturated heterocycles. The molecule has 1 N–H and O–H groups in total. The van der Waals surface area contributed by atoms with Crippen molar-refractivity contribution in [1.82, 2.24) is 5.32 Å². The molecule has 9 heteroatoms. The zero-order valence-electron chi connectivity index (χ0n) is 14.2. The standard InChI is InChI=1S/C17H18F2N4O3/c1-10(24)21-6-13-9-23(17(25)26-13)12-4-14(18)16(15(19)5-12)22-7-11(8-22)2-3-20/h4-5,11,13H,2,6-9H2,1H3,(H,21,24)/t13-/m0/s1. The summed E-state index contributed by atoms with van der Waals surface area (Å²) >= 11 is 0. The number of halogens is 2. The van der Waals surface area contributed by atoms with Gasteiger partial charge in [-0.05, 0) is 0 Å². The second-order valence-electron chi connectivity index (χ2n) is 6.44. The number of ether oxygens (including phenoxy) is 1. The van der Waals surface area contributed by atoms with Gasteiger partial charge in [0, 0.05) is 44.5 Å². The highest BCUT2D eigenvalue weighted by molar-refractivity contribution is 5.90. The van der Waals surface area contributed by atoms with Crippen LogP contribution >= 0.6 is 0 Å². The van der Waals surface area contributed by atoms with E-state index in [2.05, 4.69) is 5.32 Å². The third kappa shape index (κ3) is 3.54. The van der Waals surface area contributed by atoms with Gasteiger partial charge in [-0.3, -0.25) is 9.69 Å². The van der Waals surface area contributed by atoms with Crippen molar-refractivity contribution >= 4 is 23.4 Å². The number of nitriles is 1. The lowest BCUT2D eigenvalue weighted by Crippen LogP contribution is -2.47. The number of carbonyl (C=O) groups is 2. The molecule has 2 aliphatic rings. The van der Waals surface area contributed by atoms with Gasteiger partial charge in [0.25, 0.3) is 0 Å². The number of hydrogen-bond donors (Lipinski definition) is 1. The molecule has 0 aliphatic carbocycles. The van der Waals surface area contributed by atoms with E-state index in [1.807, 2.05) is 6.07 Å². The highest BCUT2D eigenvalue weighted by Crippen LogP contribution is 2.34. The minimum Gasteiger partial charge on any atom is -0.442 e. The largest absolute Gasteiger partial charge is 0.442 e. The Morgan fingerprint density at radius 1 is 1.35 bits per heavy atom. The van der Waals surface area contributed by atoms with Gasteiger partial charge in [-0.25, -0.2) is 13.6 Å². The SMILES string of the molecule is CC(=O)NC[C@H]1CN(c2cc(F)c(N3CC(CC#N)C3)c(F)c2)C(=O)O1. The lowest BCUT2D eigenvalue weighted by molar-refractivity contribution is -0.119. The third-order valence-electron chi connectivity index (χ3n) is 4.42. The lowest BCUT2D eigenvalue weighted by atomic mass is 9.96. The van der Waals surface area contributed by atoms with Crippen LogP contribution in [0.4, 0.5) is 25.0 Å². The number of hydrogen-bond acceptors (Lipinski definition) is 5. The number of benzene rings is 1. The second-order valence-corrected chi connectivity index (χ2v) is 6.44. The summed E-state index contributed by atoms with van der Waals surface area (Å²) in [5.74, 6) is -1.69. The summed E-state index contributed by atoms with van der Waals surface area (Å²) in [5, 5.41) is 11.2. The topological polar surface area (TPSA) is 85.7 Å². The van der Waals surface area contributed by atoms with Gasteiger partial charge in [-0.15, -0.1) is 0 Å². The molecule has 3 rings (SSSR count). The van der Waals surface area contributed by atoms with E-state index in [1.54, 1.807) is 4.90 Å². The van der Waals surface area contributed by atoms with Crippen LogP contribution in [-0.2, 0) is 9.53 Å². The smallest absolute Gasteiger partial charge is 0.414 e. The first kappa shape index (κ1) is 17.9. The van der Waals surface area contributed by atoms with Gasteiger partial charge in [0.15, 0.2) is 11.6 Å². The fraction of sp³-hybridized carbons (Fsp3) is 0.471. The average molecular weight is 364 g/mol. The molecule has 2 heterocycles. The summed E-state index contributed by atoms with van der Waals surface area (Å²) in [7, 11) is 0. The number of carbonyl (C=O) groups excluding carboxylic acids is 2. The molecule has 0 aromatic heterocycles. The summed E-state index contributed by atoms with van der Waals surface area (Å²) < 4.78 is 34.0. The Balaban J connectivity index is 1.71. The fourth-order valence-electron chi connectivity index (χ4n) is 3.12. The second kappa shape index (κ2) is 7.15. The molecule has 0 radical (unpaired) electrons. The third-order valence-corrected chi connectivity index (χ3v) is 4.42. The van der Waals surface area contributed by atoms with Crippen molar-refractivity contribution in [3.05, 3.63) is 23.8 Å². The molecule has 138 valence electrons. The summed E-state index contributed by atoms with van der Waals surface area (Å²) in [4.78, 5) is 25.6. The predicted octanol–water partition coefficient (Wildman–Crippen LogP) is 1.78. The molecule has 2 aliphatic heterocycles. The maximum absolute atomic E-state index is 14.4. The zero-order chi connectivity index (χ0) is 18.8. The van der Waals surface area contributed by atoms with Crippen LogP contribution in [0.25, 0.3) is 0 Å². The van der Waals surface area contributed by atoms with Crippen molar-refractivity contribution in [2.24, 2.45) is 5.92 Å². The molecule has 26 heavy (non-hydrogen) atoms. The van der Waals surface area contributed by atoms with Gasteiger partial charge in [-0.2, -0.15) is 5.26 Å². The van der Waals surface area contributed by atoms with E-state index in [0.29, 0.717) is 19.5 Å². The minimum atomic E-state index is -0.770. The highest BCUT2D eigenvalue weighted by atomic mass is 19.1. The van der Waals surface area contributed by atoms with Gasteiger partial charge in [0.1, 0.15) is 11.8 Å². The fourth-order valence-corrected chi connectivity index (χ4v) is 3.12. The molecule has 2 amide bonds. The Labute approximate surface area is 149 Å². The molecular formula is C17H18F2N4O3. The van der Waals surface area contributed by atoms with E-state index in [0.717, 1.165) is 17.0 Å². The van der Waals surface area contributed by atoms with Gasteiger partial charge in [0.05, 0.1) is 24.8 Å². The Kier molecular flexibility index (Phi) is 4.93. The van der Waals surface area contributed by atoms with Crippen molar-refractivity contribution < 1.29 is 23.1 Å². The number of anilines is 2. The van der Waals surface area contributed by atoms with Gasteiger partial charge in [0.2, 0.25) is 5.91 Å². The van der Waals surface area contributed by atoms with Crippen molar-refractivity contribution in [3.63, 3.8) is 0 Å². The number of cyclic esters (lactones) is 1. The summed E-state index contributed by atoms with van der Waals surface area (Å²) in [5.41, 5.74) is -0.0847. The summed E-state index contributed by atoms with van der Waals surface area (Å²) in [6, 6.07) is 4.24. The van der Waals surface area contributed by atoms with Crippen LogP contribution in [0, 0.1) is 28.9 Å². The molecule has 0 unspecified atom stereocenters. The quantitative estimate of drug-likeness (QED) is 0.861. The Morgan fingerprint density at radius 3 is 2.58 bits per heavy atom. The first-order chi connectivity index (χ1) is 12.4. The zero-order valence-corrected chi connectivity index (χ0v) is 14.2. The Bertz CT molecular complexity index is 751. The Morgan fingerprint density at radius 2 is 2.00 bits per heavy atom. The monoisotopic (exact) mass is 364 g/mol. The maximum atomic E-state index is 14.4. The molecule has 7 nitrogen and oxygen atoms in total. The van der Waals surface area contributed by atoms with E-state index in [1.165, 1.54) is 6.92 Å². The predicted molar refractivity (Wildman–Crippen MR) is 88.6 cm³/mol. The minimum absolute atomic E-state index is 0.0631. The van der Waals surface area contributed by atoms with Gasteiger partial charge < -0.3 is 15.0 Å². The molecule has 2 fully saturated rings. The molecule has 1 atom stereocenters. The van der Waals surface area contributed by atoms with Crippen LogP contribution in [0.15, 0.2) is 12.1 Å². The van der Waals surface area contributed by atoms with E-state index in [4.69, 9.17) is 10.00 Å². The molecular weight excluding hydrogens is 346 g/mol. The molecule has 0 spiro atoms. The number of nitrogens with zero attached hydrogens (tertiary/aromatic N) is 3. The summed E-state index contributed by atoms with van der Waals surface area (Å²) in [6.45, 7) is 2.41. The first-order valence-corrected chi connectivity index (χ1v) is 8.22. The first-order valence-electron chi connectivity index (χ1n) is 8.22. The van der Waals surface area contributed by atoms with Crippen molar-refractivity contribution in [2.45, 2.75) is 19.4 Å². The van der Waals surface area contributed by atoms with Gasteiger partial charge >= 0.3 is 6.09 Å². The van der Waals surface area contributed by atoms with Crippen LogP contribution in [0.3, 0.4) is 0 Å². The van der Waals surface area contributed by atoms with Crippen molar-refractivity contribution in [3.8, 4) is 6.07 Å². The molecule has 1 aromatic carbocycles. The highest BCUT2D eigenvalue weighted by Gasteiger charge is 2.35. The summed E-state index contributed by atoms with van der Waals surface area (Å²) in [6.07, 6.45) is -0.947. The number of rotatable bonds is 5. The van der Waals surface area contributed by atoms with E-state index in [9.17, 15) is 18.4 Å². The van der Waals surface area contributed by atoms with E-state index >= 15 is 0 Å². The number of nitrogens with one attached hydrogen (secondary N) is 1. The van der Waals surface area contributed by atoms with Crippen LogP contribution in [-0.4, -0.2) is 44.3 Å². The van der Waals surface area contributed by atoms with Crippen LogP contribution < -0.4 is 15.1 Å². The normalized spacial score (nSPS) is 19.8. The number of amides is 2. The van der Waals surface area contributed by atoms with E-state index in [-0.39, 0.29) is 36.3 Å². The maximum Gasteiger partial charge on any atom is 0.414 e. The van der Waals surface area contributed by atoms with Crippen LogP contribution in [0.5, 0.6) is 0 Å². The Hall–Kier alpha value is -2.89. The lowest BCUT2D eigenvalue weighted by Gasteiger charge is -2.40. The molecule has 1 aromatic rings. The van der Waals surface area contributed by atoms with Gasteiger partial charge in [-0.1, -0.05) is 0 Å². The molecule has 0 bridgehead atoms. The van der Waals surface area contributed by atoms with Crippen molar-refractivity contribution in [2.75, 3.05) is 36.0 Å². The van der Waals surface area contributed by atoms with Crippen LogP contribution in [0.2, 0.25) is 0 Å². The van der Waals surface area contributed by atoms with Crippen molar-refractivity contribution in [1.29, 1.82) is 5.26 Å². The average Bonchev–Trinajstić information content (AvgIpc) is 2.90.